The van der Waals surface area contributed by atoms with Crippen LogP contribution in [0.15, 0.2) is 12.1 Å². The van der Waals surface area contributed by atoms with Gasteiger partial charge in [0.2, 0.25) is 0 Å². The van der Waals surface area contributed by atoms with Crippen LogP contribution in [0, 0.1) is 18.6 Å². The second-order valence-corrected chi connectivity index (χ2v) is 3.81. The summed E-state index contributed by atoms with van der Waals surface area (Å²) in [6.45, 7) is 3.38. The third-order valence-corrected chi connectivity index (χ3v) is 2.78. The molecule has 1 nitrogen and oxygen atoms in total. The molecular weight excluding hydrogens is 184 g/mol. The number of benzene rings is 1. The number of nitrogens with one attached hydrogen (secondary N) is 1. The van der Waals surface area contributed by atoms with Crippen molar-refractivity contribution in [3.63, 3.8) is 0 Å². The zero-order valence-corrected chi connectivity index (χ0v) is 8.11. The van der Waals surface area contributed by atoms with Crippen LogP contribution in [0.2, 0.25) is 0 Å². The van der Waals surface area contributed by atoms with E-state index in [1.54, 1.807) is 13.0 Å². The summed E-state index contributed by atoms with van der Waals surface area (Å²) in [4.78, 5) is 0. The molecule has 0 spiro atoms. The zero-order valence-electron chi connectivity index (χ0n) is 8.11. The van der Waals surface area contributed by atoms with Gasteiger partial charge in [-0.2, -0.15) is 0 Å². The van der Waals surface area contributed by atoms with Crippen LogP contribution in [0.4, 0.5) is 8.78 Å². The fourth-order valence-corrected chi connectivity index (χ4v) is 1.91. The maximum absolute atomic E-state index is 13.4. The normalized spacial score (nSPS) is 21.5. The van der Waals surface area contributed by atoms with Crippen LogP contribution in [0.1, 0.15) is 23.5 Å². The Labute approximate surface area is 82.1 Å². The highest BCUT2D eigenvalue weighted by atomic mass is 19.1. The lowest BCUT2D eigenvalue weighted by Gasteiger charge is -2.11. The summed E-state index contributed by atoms with van der Waals surface area (Å²) >= 11 is 0. The molecule has 76 valence electrons. The Kier molecular flexibility index (Phi) is 2.50. The average molecular weight is 197 g/mol. The van der Waals surface area contributed by atoms with E-state index in [9.17, 15) is 8.78 Å². The van der Waals surface area contributed by atoms with E-state index in [1.807, 2.05) is 0 Å². The smallest absolute Gasteiger partial charge is 0.129 e. The van der Waals surface area contributed by atoms with Gasteiger partial charge in [-0.25, -0.2) is 8.78 Å². The van der Waals surface area contributed by atoms with Crippen molar-refractivity contribution in [1.29, 1.82) is 0 Å². The molecule has 1 aromatic carbocycles. The van der Waals surface area contributed by atoms with Crippen molar-refractivity contribution in [1.82, 2.24) is 5.32 Å². The highest BCUT2D eigenvalue weighted by Gasteiger charge is 2.20. The molecule has 1 atom stereocenters. The summed E-state index contributed by atoms with van der Waals surface area (Å²) in [5, 5.41) is 3.17. The lowest BCUT2D eigenvalue weighted by molar-refractivity contribution is 0.554. The lowest BCUT2D eigenvalue weighted by Crippen LogP contribution is -2.09. The van der Waals surface area contributed by atoms with Crippen LogP contribution in [0.3, 0.4) is 0 Å². The summed E-state index contributed by atoms with van der Waals surface area (Å²) in [5.41, 5.74) is 1.17. The molecule has 14 heavy (non-hydrogen) atoms. The molecule has 0 aromatic heterocycles. The van der Waals surface area contributed by atoms with Crippen LogP contribution in [0.5, 0.6) is 0 Å². The molecule has 1 aliphatic heterocycles. The van der Waals surface area contributed by atoms with E-state index >= 15 is 0 Å². The first-order valence-electron chi connectivity index (χ1n) is 4.84. The molecule has 0 aliphatic carbocycles. The van der Waals surface area contributed by atoms with Gasteiger partial charge in [0.05, 0.1) is 0 Å². The van der Waals surface area contributed by atoms with E-state index in [4.69, 9.17) is 0 Å². The van der Waals surface area contributed by atoms with Gasteiger partial charge in [0.1, 0.15) is 11.6 Å². The second-order valence-electron chi connectivity index (χ2n) is 3.81. The molecular formula is C11H13F2N. The van der Waals surface area contributed by atoms with E-state index in [0.717, 1.165) is 25.6 Å². The Balaban J connectivity index is 2.37. The Morgan fingerprint density at radius 1 is 1.29 bits per heavy atom. The monoisotopic (exact) mass is 197 g/mol. The maximum atomic E-state index is 13.4. The number of rotatable bonds is 1. The van der Waals surface area contributed by atoms with E-state index in [2.05, 4.69) is 5.32 Å². The number of hydrogen-bond donors (Lipinski definition) is 1. The molecule has 0 radical (unpaired) electrons. The summed E-state index contributed by atoms with van der Waals surface area (Å²) in [6, 6.07) is 2.62. The van der Waals surface area contributed by atoms with Crippen molar-refractivity contribution in [3.05, 3.63) is 34.9 Å². The fourth-order valence-electron chi connectivity index (χ4n) is 1.91. The van der Waals surface area contributed by atoms with E-state index < -0.39 is 11.6 Å². The van der Waals surface area contributed by atoms with Gasteiger partial charge >= 0.3 is 0 Å². The third kappa shape index (κ3) is 1.64. The summed E-state index contributed by atoms with van der Waals surface area (Å²) < 4.78 is 26.4. The number of halogens is 2. The molecule has 1 aliphatic rings. The SMILES string of the molecule is Cc1cc([C@@H]2CCNC2)c(F)cc1F. The molecule has 1 fully saturated rings. The minimum absolute atomic E-state index is 0.203. The first-order chi connectivity index (χ1) is 6.68. The minimum Gasteiger partial charge on any atom is -0.316 e. The molecule has 1 aromatic rings. The Morgan fingerprint density at radius 2 is 2.07 bits per heavy atom. The summed E-state index contributed by atoms with van der Waals surface area (Å²) in [6.07, 6.45) is 0.933. The van der Waals surface area contributed by atoms with Crippen LogP contribution >= 0.6 is 0 Å². The molecule has 0 bridgehead atoms. The number of hydrogen-bond acceptors (Lipinski definition) is 1. The molecule has 3 heteroatoms. The van der Waals surface area contributed by atoms with Gasteiger partial charge < -0.3 is 5.32 Å². The van der Waals surface area contributed by atoms with Crippen LogP contribution < -0.4 is 5.32 Å². The lowest BCUT2D eigenvalue weighted by atomic mass is 9.96. The van der Waals surface area contributed by atoms with Gasteiger partial charge in [0.15, 0.2) is 0 Å². The molecule has 2 rings (SSSR count). The predicted octanol–water partition coefficient (Wildman–Crippen LogP) is 2.35. The van der Waals surface area contributed by atoms with Crippen molar-refractivity contribution >= 4 is 0 Å². The largest absolute Gasteiger partial charge is 0.316 e. The molecule has 0 saturated carbocycles. The fraction of sp³-hybridized carbons (Fsp3) is 0.455. The van der Waals surface area contributed by atoms with Crippen molar-refractivity contribution < 1.29 is 8.78 Å². The Bertz CT molecular complexity index is 343. The van der Waals surface area contributed by atoms with Gasteiger partial charge in [0, 0.05) is 18.5 Å². The number of aryl methyl sites for hydroxylation is 1. The van der Waals surface area contributed by atoms with Gasteiger partial charge in [-0.15, -0.1) is 0 Å². The standard InChI is InChI=1S/C11H13F2N/c1-7-4-9(8-2-3-14-6-8)11(13)5-10(7)12/h4-5,8,14H,2-3,6H2,1H3/t8-/m1/s1. The Morgan fingerprint density at radius 3 is 2.71 bits per heavy atom. The summed E-state index contributed by atoms with van der Waals surface area (Å²) in [5.74, 6) is -0.673. The van der Waals surface area contributed by atoms with Crippen LogP contribution in [-0.2, 0) is 0 Å². The van der Waals surface area contributed by atoms with Crippen molar-refractivity contribution in [2.24, 2.45) is 0 Å². The van der Waals surface area contributed by atoms with Gasteiger partial charge in [-0.3, -0.25) is 0 Å². The topological polar surface area (TPSA) is 12.0 Å². The van der Waals surface area contributed by atoms with E-state index in [1.165, 1.54) is 0 Å². The van der Waals surface area contributed by atoms with Crippen LogP contribution in [0.25, 0.3) is 0 Å². The molecule has 1 heterocycles. The minimum atomic E-state index is -0.461. The molecule has 1 N–H and O–H groups in total. The Hall–Kier alpha value is -0.960. The first kappa shape index (κ1) is 9.59. The maximum Gasteiger partial charge on any atom is 0.129 e. The quantitative estimate of drug-likeness (QED) is 0.728. The van der Waals surface area contributed by atoms with Crippen LogP contribution in [-0.4, -0.2) is 13.1 Å². The van der Waals surface area contributed by atoms with E-state index in [0.29, 0.717) is 11.1 Å². The second kappa shape index (κ2) is 3.65. The first-order valence-corrected chi connectivity index (χ1v) is 4.84. The highest BCUT2D eigenvalue weighted by molar-refractivity contribution is 5.29. The molecule has 1 saturated heterocycles. The molecule has 0 unspecified atom stereocenters. The predicted molar refractivity (Wildman–Crippen MR) is 51.3 cm³/mol. The van der Waals surface area contributed by atoms with Crippen molar-refractivity contribution in [2.75, 3.05) is 13.1 Å². The van der Waals surface area contributed by atoms with Gasteiger partial charge in [0.25, 0.3) is 0 Å². The summed E-state index contributed by atoms with van der Waals surface area (Å²) in [7, 11) is 0. The van der Waals surface area contributed by atoms with Gasteiger partial charge in [-0.1, -0.05) is 0 Å². The third-order valence-electron chi connectivity index (χ3n) is 2.78. The molecule has 0 amide bonds. The highest BCUT2D eigenvalue weighted by Crippen LogP contribution is 2.26. The van der Waals surface area contributed by atoms with Crippen molar-refractivity contribution in [2.45, 2.75) is 19.3 Å². The average Bonchev–Trinajstić information content (AvgIpc) is 2.64. The van der Waals surface area contributed by atoms with E-state index in [-0.39, 0.29) is 5.92 Å². The van der Waals surface area contributed by atoms with Crippen molar-refractivity contribution in [3.8, 4) is 0 Å². The zero-order chi connectivity index (χ0) is 10.1. The van der Waals surface area contributed by atoms with Gasteiger partial charge in [-0.05, 0) is 37.1 Å².